The lowest BCUT2D eigenvalue weighted by atomic mass is 10.1. The second-order valence-corrected chi connectivity index (χ2v) is 5.29. The highest BCUT2D eigenvalue weighted by Crippen LogP contribution is 2.18. The van der Waals surface area contributed by atoms with Crippen LogP contribution in [0, 0.1) is 5.92 Å². The van der Waals surface area contributed by atoms with Gasteiger partial charge in [0.2, 0.25) is 0 Å². The van der Waals surface area contributed by atoms with Crippen molar-refractivity contribution in [1.82, 2.24) is 4.90 Å². The third-order valence-corrected chi connectivity index (χ3v) is 3.80. The van der Waals surface area contributed by atoms with E-state index in [4.69, 9.17) is 0 Å². The van der Waals surface area contributed by atoms with E-state index >= 15 is 0 Å². The molecule has 1 aliphatic heterocycles. The molecule has 0 saturated carbocycles. The second kappa shape index (κ2) is 7.40. The lowest BCUT2D eigenvalue weighted by molar-refractivity contribution is 0.422. The lowest BCUT2D eigenvalue weighted by Gasteiger charge is -2.22. The van der Waals surface area contributed by atoms with Gasteiger partial charge in [-0.15, -0.1) is 0 Å². The maximum absolute atomic E-state index is 4.67. The van der Waals surface area contributed by atoms with Crippen molar-refractivity contribution >= 4 is 5.84 Å². The van der Waals surface area contributed by atoms with Gasteiger partial charge < -0.3 is 4.90 Å². The van der Waals surface area contributed by atoms with Crippen LogP contribution < -0.4 is 0 Å². The highest BCUT2D eigenvalue weighted by Gasteiger charge is 2.22. The van der Waals surface area contributed by atoms with Gasteiger partial charge in [-0.2, -0.15) is 0 Å². The zero-order valence-corrected chi connectivity index (χ0v) is 11.6. The molecule has 0 spiro atoms. The van der Waals surface area contributed by atoms with Gasteiger partial charge in [-0.3, -0.25) is 4.99 Å². The first kappa shape index (κ1) is 13.4. The third kappa shape index (κ3) is 3.72. The van der Waals surface area contributed by atoms with Gasteiger partial charge in [0.25, 0.3) is 0 Å². The van der Waals surface area contributed by atoms with E-state index < -0.39 is 0 Å². The Morgan fingerprint density at radius 1 is 1.11 bits per heavy atom. The van der Waals surface area contributed by atoms with E-state index in [-0.39, 0.29) is 0 Å². The molecular weight excluding hydrogens is 220 g/mol. The number of nitrogens with zero attached hydrogens (tertiary/aromatic N) is 2. The Kier molecular flexibility index (Phi) is 5.50. The Hall–Kier alpha value is -1.05. The van der Waals surface area contributed by atoms with E-state index in [2.05, 4.69) is 41.1 Å². The van der Waals surface area contributed by atoms with Crippen LogP contribution in [0.2, 0.25) is 0 Å². The maximum Gasteiger partial charge on any atom is 0.110 e. The summed E-state index contributed by atoms with van der Waals surface area (Å²) in [6.07, 6.45) is 17.0. The summed E-state index contributed by atoms with van der Waals surface area (Å²) < 4.78 is 0. The van der Waals surface area contributed by atoms with Crippen molar-refractivity contribution < 1.29 is 0 Å². The zero-order valence-electron chi connectivity index (χ0n) is 11.6. The predicted octanol–water partition coefficient (Wildman–Crippen LogP) is 3.80. The Labute approximate surface area is 111 Å². The number of rotatable bonds is 8. The number of amidine groups is 1. The van der Waals surface area contributed by atoms with Crippen LogP contribution in [0.3, 0.4) is 0 Å². The molecule has 100 valence electrons. The number of hydrogen-bond donors (Lipinski definition) is 0. The second-order valence-electron chi connectivity index (χ2n) is 5.29. The predicted molar refractivity (Wildman–Crippen MR) is 79.0 cm³/mol. The van der Waals surface area contributed by atoms with Crippen molar-refractivity contribution in [3.05, 3.63) is 24.3 Å². The van der Waals surface area contributed by atoms with Crippen molar-refractivity contribution in [3.8, 4) is 0 Å². The van der Waals surface area contributed by atoms with Gasteiger partial charge in [-0.05, 0) is 6.42 Å². The van der Waals surface area contributed by atoms with E-state index in [0.29, 0.717) is 5.92 Å². The molecule has 0 radical (unpaired) electrons. The molecule has 0 atom stereocenters. The molecule has 0 unspecified atom stereocenters. The molecule has 2 aliphatic rings. The van der Waals surface area contributed by atoms with E-state index in [1.807, 2.05) is 0 Å². The van der Waals surface area contributed by atoms with Crippen LogP contribution >= 0.6 is 0 Å². The minimum atomic E-state index is 0.451. The van der Waals surface area contributed by atoms with E-state index in [9.17, 15) is 0 Å². The first-order chi connectivity index (χ1) is 8.92. The molecule has 2 rings (SSSR count). The number of unbranched alkanes of at least 4 members (excludes halogenated alkanes) is 5. The fourth-order valence-electron chi connectivity index (χ4n) is 2.73. The Morgan fingerprint density at radius 3 is 2.61 bits per heavy atom. The molecule has 0 amide bonds. The molecule has 1 heterocycles. The molecule has 0 N–H and O–H groups in total. The summed E-state index contributed by atoms with van der Waals surface area (Å²) >= 11 is 0. The third-order valence-electron chi connectivity index (χ3n) is 3.80. The molecule has 18 heavy (non-hydrogen) atoms. The molecule has 0 aromatic carbocycles. The van der Waals surface area contributed by atoms with Gasteiger partial charge in [-0.1, -0.05) is 63.3 Å². The molecular formula is C16H26N2. The summed E-state index contributed by atoms with van der Waals surface area (Å²) in [4.78, 5) is 7.16. The van der Waals surface area contributed by atoms with Crippen molar-refractivity contribution in [2.45, 2.75) is 45.4 Å². The molecule has 0 saturated heterocycles. The first-order valence-corrected chi connectivity index (χ1v) is 7.56. The average molecular weight is 246 g/mol. The average Bonchev–Trinajstić information content (AvgIpc) is 3.03. The fourth-order valence-corrected chi connectivity index (χ4v) is 2.73. The molecule has 0 bridgehead atoms. The van der Waals surface area contributed by atoms with Crippen LogP contribution in [0.25, 0.3) is 0 Å². The summed E-state index contributed by atoms with van der Waals surface area (Å²) in [6, 6.07) is 0. The molecule has 0 aromatic rings. The van der Waals surface area contributed by atoms with Crippen LogP contribution in [0.1, 0.15) is 45.4 Å². The number of hydrogen-bond acceptors (Lipinski definition) is 2. The largest absolute Gasteiger partial charge is 0.358 e. The van der Waals surface area contributed by atoms with Gasteiger partial charge >= 0.3 is 0 Å². The summed E-state index contributed by atoms with van der Waals surface area (Å²) in [5.41, 5.74) is 0. The van der Waals surface area contributed by atoms with Gasteiger partial charge in [0.05, 0.1) is 12.5 Å². The Bertz CT molecular complexity index is 316. The maximum atomic E-state index is 4.67. The molecule has 2 nitrogen and oxygen atoms in total. The summed E-state index contributed by atoms with van der Waals surface area (Å²) in [5.74, 6) is 1.75. The van der Waals surface area contributed by atoms with Crippen LogP contribution in [-0.2, 0) is 0 Å². The smallest absolute Gasteiger partial charge is 0.110 e. The topological polar surface area (TPSA) is 15.6 Å². The quantitative estimate of drug-likeness (QED) is 0.595. The Morgan fingerprint density at radius 2 is 1.83 bits per heavy atom. The molecule has 1 aliphatic carbocycles. The monoisotopic (exact) mass is 246 g/mol. The van der Waals surface area contributed by atoms with Crippen molar-refractivity contribution in [2.24, 2.45) is 10.9 Å². The van der Waals surface area contributed by atoms with E-state index in [0.717, 1.165) is 13.1 Å². The van der Waals surface area contributed by atoms with Crippen LogP contribution in [0.15, 0.2) is 29.3 Å². The first-order valence-electron chi connectivity index (χ1n) is 7.56. The van der Waals surface area contributed by atoms with Crippen molar-refractivity contribution in [3.63, 3.8) is 0 Å². The summed E-state index contributed by atoms with van der Waals surface area (Å²) in [6.45, 7) is 5.59. The molecule has 0 fully saturated rings. The Balaban J connectivity index is 1.65. The number of aliphatic imine (C=N–C) groups is 1. The summed E-state index contributed by atoms with van der Waals surface area (Å²) in [5, 5.41) is 0. The van der Waals surface area contributed by atoms with E-state index in [1.165, 1.54) is 50.9 Å². The van der Waals surface area contributed by atoms with Crippen LogP contribution in [0.4, 0.5) is 0 Å². The molecule has 0 aromatic heterocycles. The highest BCUT2D eigenvalue weighted by molar-refractivity contribution is 5.89. The van der Waals surface area contributed by atoms with Gasteiger partial charge in [0.15, 0.2) is 0 Å². The van der Waals surface area contributed by atoms with Gasteiger partial charge in [-0.25, -0.2) is 0 Å². The van der Waals surface area contributed by atoms with Gasteiger partial charge in [0, 0.05) is 13.1 Å². The summed E-state index contributed by atoms with van der Waals surface area (Å²) in [7, 11) is 0. The standard InChI is InChI=1S/C16H26N2/c1-2-3-4-5-6-9-13-18-14-12-17-16(18)15-10-7-8-11-15/h7-8,10-11,15H,2-6,9,12-14H2,1H3. The van der Waals surface area contributed by atoms with Gasteiger partial charge in [0.1, 0.15) is 5.84 Å². The minimum absolute atomic E-state index is 0.451. The highest BCUT2D eigenvalue weighted by atomic mass is 15.2. The fraction of sp³-hybridized carbons (Fsp3) is 0.688. The SMILES string of the molecule is CCCCCCCCN1CCN=C1C1C=CC=C1. The normalized spacial score (nSPS) is 18.9. The zero-order chi connectivity index (χ0) is 12.6. The lowest BCUT2D eigenvalue weighted by Crippen LogP contribution is -2.32. The van der Waals surface area contributed by atoms with Crippen molar-refractivity contribution in [1.29, 1.82) is 0 Å². The van der Waals surface area contributed by atoms with Crippen LogP contribution in [-0.4, -0.2) is 30.4 Å². The van der Waals surface area contributed by atoms with Crippen LogP contribution in [0.5, 0.6) is 0 Å². The van der Waals surface area contributed by atoms with E-state index in [1.54, 1.807) is 0 Å². The molecule has 2 heteroatoms. The van der Waals surface area contributed by atoms with Crippen molar-refractivity contribution in [2.75, 3.05) is 19.6 Å². The minimum Gasteiger partial charge on any atom is -0.358 e. The number of allylic oxidation sites excluding steroid dienone is 2.